The molecule has 0 radical (unpaired) electrons. The average Bonchev–Trinajstić information content (AvgIpc) is 1.83. The number of urea groups is 1. The minimum atomic E-state index is -0.435. The number of nitrogens with one attached hydrogen (secondary N) is 1. The van der Waals surface area contributed by atoms with Crippen molar-refractivity contribution >= 4 is 6.03 Å². The van der Waals surface area contributed by atoms with Crippen molar-refractivity contribution in [2.45, 2.75) is 35.1 Å². The normalized spacial score (nSPS) is 10.4. The Morgan fingerprint density at radius 1 is 1.55 bits per heavy atom. The molecule has 3 heteroatoms. The van der Waals surface area contributed by atoms with E-state index >= 15 is 0 Å². The van der Waals surface area contributed by atoms with Gasteiger partial charge in [-0.25, -0.2) is 4.79 Å². The molecule has 0 aliphatic heterocycles. The Balaban J connectivity index is -0.000000320. The number of hydrogen-bond acceptors (Lipinski definition) is 1. The van der Waals surface area contributed by atoms with Crippen molar-refractivity contribution in [3.8, 4) is 0 Å². The Hall–Kier alpha value is -0.730. The number of rotatable bonds is 3. The molecule has 0 rings (SSSR count). The van der Waals surface area contributed by atoms with Crippen LogP contribution in [0.2, 0.25) is 0 Å². The molecule has 0 aromatic carbocycles. The van der Waals surface area contributed by atoms with E-state index in [0.717, 1.165) is 6.42 Å². The maximum absolute atomic E-state index is 10.1. The molecule has 1 atom stereocenters. The van der Waals surface area contributed by atoms with E-state index in [2.05, 4.69) is 19.2 Å². The quantitative estimate of drug-likeness (QED) is 0.655. The number of carbonyl (C=O) groups is 1. The third-order valence-electron chi connectivity index (χ3n) is 1.32. The summed E-state index contributed by atoms with van der Waals surface area (Å²) in [5, 5.41) is 2.54. The molecular weight excluding hydrogens is 140 g/mol. The first-order valence-corrected chi connectivity index (χ1v) is 3.20. The van der Waals surface area contributed by atoms with Crippen molar-refractivity contribution in [2.24, 2.45) is 11.7 Å². The van der Waals surface area contributed by atoms with Crippen molar-refractivity contribution in [3.05, 3.63) is 0 Å². The van der Waals surface area contributed by atoms with E-state index in [-0.39, 0.29) is 14.9 Å². The molecule has 0 fully saturated rings. The fraction of sp³-hybridized carbons (Fsp3) is 0.875. The molecule has 0 bridgehead atoms. The molecule has 0 aromatic heterocycles. The molecule has 0 aromatic rings. The average molecular weight is 162 g/mol. The zero-order valence-electron chi connectivity index (χ0n) is 5.98. The summed E-state index contributed by atoms with van der Waals surface area (Å²) in [7, 11) is 0. The van der Waals surface area contributed by atoms with Gasteiger partial charge in [0.25, 0.3) is 0 Å². The molecule has 0 spiro atoms. The Morgan fingerprint density at radius 3 is 2.27 bits per heavy atom. The highest BCUT2D eigenvalue weighted by atomic mass is 16.2. The highest BCUT2D eigenvalue weighted by Crippen LogP contribution is 1.96. The number of hydrogen-bond donors (Lipinski definition) is 2. The van der Waals surface area contributed by atoms with Crippen molar-refractivity contribution in [1.29, 1.82) is 0 Å². The van der Waals surface area contributed by atoms with Crippen LogP contribution >= 0.6 is 0 Å². The summed E-state index contributed by atoms with van der Waals surface area (Å²) in [6.45, 7) is 4.83. The van der Waals surface area contributed by atoms with Gasteiger partial charge >= 0.3 is 6.03 Å². The van der Waals surface area contributed by atoms with Gasteiger partial charge in [0.2, 0.25) is 0 Å². The predicted octanol–water partition coefficient (Wildman–Crippen LogP) is 1.97. The molecule has 1 unspecified atom stereocenters. The van der Waals surface area contributed by atoms with Crippen LogP contribution in [0, 0.1) is 5.92 Å². The zero-order valence-corrected chi connectivity index (χ0v) is 5.98. The van der Waals surface area contributed by atoms with Gasteiger partial charge < -0.3 is 11.1 Å². The third-order valence-corrected chi connectivity index (χ3v) is 1.32. The number of carbonyl (C=O) groups excluding carboxylic acids is 1. The van der Waals surface area contributed by atoms with Crippen LogP contribution < -0.4 is 11.1 Å². The van der Waals surface area contributed by atoms with Crippen molar-refractivity contribution in [1.82, 2.24) is 5.32 Å². The van der Waals surface area contributed by atoms with Gasteiger partial charge in [-0.2, -0.15) is 0 Å². The lowest BCUT2D eigenvalue weighted by molar-refractivity contribution is 0.247. The Morgan fingerprint density at radius 2 is 2.00 bits per heavy atom. The number of primary amides is 1. The third kappa shape index (κ3) is 12.5. The second kappa shape index (κ2) is 9.27. The standard InChI is InChI=1S/C6H14N2O.2CH4/c1-3-5(2)4-8-6(7)9;;/h5H,3-4H2,1-2H3,(H3,7,8,9);2*1H4. The van der Waals surface area contributed by atoms with Gasteiger partial charge in [0, 0.05) is 6.54 Å². The first-order valence-electron chi connectivity index (χ1n) is 3.20. The summed E-state index contributed by atoms with van der Waals surface area (Å²) < 4.78 is 0. The van der Waals surface area contributed by atoms with E-state index in [0.29, 0.717) is 12.5 Å². The van der Waals surface area contributed by atoms with E-state index in [1.165, 1.54) is 0 Å². The fourth-order valence-electron chi connectivity index (χ4n) is 0.419. The molecule has 0 aliphatic rings. The summed E-state index contributed by atoms with van der Waals surface area (Å²) in [6.07, 6.45) is 1.07. The first kappa shape index (κ1) is 16.7. The first-order chi connectivity index (χ1) is 4.16. The lowest BCUT2D eigenvalue weighted by Gasteiger charge is -2.06. The van der Waals surface area contributed by atoms with Crippen LogP contribution in [-0.2, 0) is 0 Å². The second-order valence-electron chi connectivity index (χ2n) is 2.26. The highest BCUT2D eigenvalue weighted by Gasteiger charge is 1.97. The summed E-state index contributed by atoms with van der Waals surface area (Å²) in [6, 6.07) is -0.435. The molecule has 0 aliphatic carbocycles. The molecule has 3 nitrogen and oxygen atoms in total. The largest absolute Gasteiger partial charge is 0.352 e. The summed E-state index contributed by atoms with van der Waals surface area (Å²) >= 11 is 0. The Labute approximate surface area is 70.4 Å². The molecular formula is C8H22N2O. The fourth-order valence-corrected chi connectivity index (χ4v) is 0.419. The highest BCUT2D eigenvalue weighted by molar-refractivity contribution is 5.71. The van der Waals surface area contributed by atoms with Crippen LogP contribution in [0.5, 0.6) is 0 Å². The van der Waals surface area contributed by atoms with Crippen LogP contribution in [0.15, 0.2) is 0 Å². The summed E-state index contributed by atoms with van der Waals surface area (Å²) in [4.78, 5) is 10.1. The van der Waals surface area contributed by atoms with E-state index in [4.69, 9.17) is 5.73 Å². The van der Waals surface area contributed by atoms with Gasteiger partial charge in [-0.15, -0.1) is 0 Å². The van der Waals surface area contributed by atoms with E-state index in [1.807, 2.05) is 0 Å². The van der Waals surface area contributed by atoms with Gasteiger partial charge in [0.1, 0.15) is 0 Å². The lowest BCUT2D eigenvalue weighted by Crippen LogP contribution is -2.32. The minimum absolute atomic E-state index is 0. The van der Waals surface area contributed by atoms with E-state index < -0.39 is 6.03 Å². The Kier molecular flexibility index (Phi) is 14.1. The second-order valence-corrected chi connectivity index (χ2v) is 2.26. The van der Waals surface area contributed by atoms with Crippen molar-refractivity contribution in [2.75, 3.05) is 6.54 Å². The molecule has 11 heavy (non-hydrogen) atoms. The lowest BCUT2D eigenvalue weighted by atomic mass is 10.1. The molecule has 0 saturated carbocycles. The van der Waals surface area contributed by atoms with Gasteiger partial charge in [-0.1, -0.05) is 35.1 Å². The van der Waals surface area contributed by atoms with Crippen LogP contribution in [0.3, 0.4) is 0 Å². The number of nitrogens with two attached hydrogens (primary N) is 1. The molecule has 3 N–H and O–H groups in total. The number of amides is 2. The molecule has 70 valence electrons. The maximum Gasteiger partial charge on any atom is 0.312 e. The molecule has 0 heterocycles. The van der Waals surface area contributed by atoms with Gasteiger partial charge in [-0.05, 0) is 5.92 Å². The molecule has 0 saturated heterocycles. The predicted molar refractivity (Wildman–Crippen MR) is 50.5 cm³/mol. The SMILES string of the molecule is C.C.CCC(C)CNC(N)=O. The Bertz CT molecular complexity index is 94.1. The van der Waals surface area contributed by atoms with E-state index in [9.17, 15) is 4.79 Å². The van der Waals surface area contributed by atoms with E-state index in [1.54, 1.807) is 0 Å². The van der Waals surface area contributed by atoms with Crippen LogP contribution in [-0.4, -0.2) is 12.6 Å². The molecule has 2 amide bonds. The van der Waals surface area contributed by atoms with Crippen molar-refractivity contribution < 1.29 is 4.79 Å². The van der Waals surface area contributed by atoms with Crippen molar-refractivity contribution in [3.63, 3.8) is 0 Å². The maximum atomic E-state index is 10.1. The summed E-state index contributed by atoms with van der Waals surface area (Å²) in [5.41, 5.74) is 4.85. The van der Waals surface area contributed by atoms with Gasteiger partial charge in [0.05, 0.1) is 0 Å². The van der Waals surface area contributed by atoms with Crippen LogP contribution in [0.4, 0.5) is 4.79 Å². The summed E-state index contributed by atoms with van der Waals surface area (Å²) in [5.74, 6) is 0.525. The minimum Gasteiger partial charge on any atom is -0.352 e. The van der Waals surface area contributed by atoms with Crippen LogP contribution in [0.25, 0.3) is 0 Å². The van der Waals surface area contributed by atoms with Gasteiger partial charge in [0.15, 0.2) is 0 Å². The zero-order chi connectivity index (χ0) is 7.28. The van der Waals surface area contributed by atoms with Gasteiger partial charge in [-0.3, -0.25) is 0 Å². The van der Waals surface area contributed by atoms with Crippen LogP contribution in [0.1, 0.15) is 35.1 Å². The topological polar surface area (TPSA) is 55.1 Å². The monoisotopic (exact) mass is 162 g/mol. The smallest absolute Gasteiger partial charge is 0.312 e.